The van der Waals surface area contributed by atoms with Crippen molar-refractivity contribution in [2.24, 2.45) is 0 Å². The lowest BCUT2D eigenvalue weighted by Crippen LogP contribution is -2.29. The summed E-state index contributed by atoms with van der Waals surface area (Å²) in [6, 6.07) is 18.5. The number of hydrogen-bond donors (Lipinski definition) is 1. The lowest BCUT2D eigenvalue weighted by atomic mass is 10.1. The Morgan fingerprint density at radius 1 is 1.00 bits per heavy atom. The molecule has 0 bridgehead atoms. The molecule has 0 aliphatic heterocycles. The van der Waals surface area contributed by atoms with Crippen molar-refractivity contribution < 1.29 is 4.79 Å². The van der Waals surface area contributed by atoms with Crippen LogP contribution in [0.4, 0.5) is 5.69 Å². The Morgan fingerprint density at radius 2 is 1.76 bits per heavy atom. The van der Waals surface area contributed by atoms with Crippen LogP contribution in [0.25, 0.3) is 11.3 Å². The highest BCUT2D eigenvalue weighted by Gasteiger charge is 2.08. The Bertz CT molecular complexity index is 959. The largest absolute Gasteiger partial charge is 0.324 e. The minimum absolute atomic E-state index is 0.132. The van der Waals surface area contributed by atoms with Crippen LogP contribution in [0.15, 0.2) is 65.5 Å². The summed E-state index contributed by atoms with van der Waals surface area (Å²) in [6.45, 7) is 3.83. The van der Waals surface area contributed by atoms with Crippen molar-refractivity contribution in [3.05, 3.63) is 82.1 Å². The van der Waals surface area contributed by atoms with E-state index in [1.165, 1.54) is 10.7 Å². The zero-order valence-electron chi connectivity index (χ0n) is 14.2. The Morgan fingerprint density at radius 3 is 2.48 bits per heavy atom. The van der Waals surface area contributed by atoms with Gasteiger partial charge in [0.15, 0.2) is 0 Å². The number of aryl methyl sites for hydroxylation is 2. The third kappa shape index (κ3) is 4.20. The number of nitrogens with zero attached hydrogens (tertiary/aromatic N) is 2. The molecule has 5 nitrogen and oxygen atoms in total. The van der Waals surface area contributed by atoms with Crippen LogP contribution in [0.2, 0.25) is 0 Å². The summed E-state index contributed by atoms with van der Waals surface area (Å²) in [5, 5.41) is 7.10. The number of benzene rings is 2. The average molecular weight is 333 g/mol. The van der Waals surface area contributed by atoms with Crippen molar-refractivity contribution in [2.75, 3.05) is 5.32 Å². The van der Waals surface area contributed by atoms with Gasteiger partial charge in [-0.25, -0.2) is 4.68 Å². The van der Waals surface area contributed by atoms with Gasteiger partial charge in [-0.05, 0) is 37.6 Å². The molecule has 2 aromatic carbocycles. The number of carbonyl (C=O) groups is 1. The standard InChI is InChI=1S/C20H19N3O2/c1-14-6-8-16(9-7-14)18-10-11-20(25)23(22-18)13-19(24)21-17-5-3-4-15(2)12-17/h3-12H,13H2,1-2H3,(H,21,24). The molecule has 0 aliphatic rings. The molecule has 3 aromatic rings. The average Bonchev–Trinajstić information content (AvgIpc) is 2.57. The molecule has 1 amide bonds. The molecule has 0 saturated carbocycles. The second-order valence-corrected chi connectivity index (χ2v) is 6.00. The van der Waals surface area contributed by atoms with Crippen molar-refractivity contribution in [3.63, 3.8) is 0 Å². The summed E-state index contributed by atoms with van der Waals surface area (Å²) >= 11 is 0. The van der Waals surface area contributed by atoms with Gasteiger partial charge in [-0.1, -0.05) is 42.0 Å². The molecule has 25 heavy (non-hydrogen) atoms. The first-order valence-corrected chi connectivity index (χ1v) is 8.03. The SMILES string of the molecule is Cc1ccc(-c2ccc(=O)n(CC(=O)Nc3cccc(C)c3)n2)cc1. The van der Waals surface area contributed by atoms with E-state index < -0.39 is 0 Å². The molecule has 1 heterocycles. The molecule has 0 spiro atoms. The van der Waals surface area contributed by atoms with Gasteiger partial charge in [-0.2, -0.15) is 5.10 Å². The smallest absolute Gasteiger partial charge is 0.267 e. The fourth-order valence-corrected chi connectivity index (χ4v) is 2.50. The van der Waals surface area contributed by atoms with Crippen LogP contribution >= 0.6 is 0 Å². The van der Waals surface area contributed by atoms with Crippen LogP contribution in [0.5, 0.6) is 0 Å². The van der Waals surface area contributed by atoms with Gasteiger partial charge in [-0.3, -0.25) is 9.59 Å². The Labute approximate surface area is 145 Å². The van der Waals surface area contributed by atoms with Crippen LogP contribution in [0.3, 0.4) is 0 Å². The monoisotopic (exact) mass is 333 g/mol. The number of anilines is 1. The zero-order valence-corrected chi connectivity index (χ0v) is 14.2. The fraction of sp³-hybridized carbons (Fsp3) is 0.150. The van der Waals surface area contributed by atoms with Gasteiger partial charge in [0.1, 0.15) is 6.54 Å². The van der Waals surface area contributed by atoms with Crippen LogP contribution in [-0.4, -0.2) is 15.7 Å². The van der Waals surface area contributed by atoms with Crippen LogP contribution < -0.4 is 10.9 Å². The van der Waals surface area contributed by atoms with E-state index >= 15 is 0 Å². The highest BCUT2D eigenvalue weighted by atomic mass is 16.2. The van der Waals surface area contributed by atoms with E-state index in [2.05, 4.69) is 10.4 Å². The van der Waals surface area contributed by atoms with E-state index in [0.717, 1.165) is 16.7 Å². The molecule has 0 aliphatic carbocycles. The van der Waals surface area contributed by atoms with Crippen molar-refractivity contribution in [1.29, 1.82) is 0 Å². The number of aromatic nitrogens is 2. The van der Waals surface area contributed by atoms with E-state index in [1.54, 1.807) is 6.07 Å². The van der Waals surface area contributed by atoms with Crippen molar-refractivity contribution in [1.82, 2.24) is 9.78 Å². The van der Waals surface area contributed by atoms with E-state index in [4.69, 9.17) is 0 Å². The fourth-order valence-electron chi connectivity index (χ4n) is 2.50. The van der Waals surface area contributed by atoms with Crippen LogP contribution in [0.1, 0.15) is 11.1 Å². The van der Waals surface area contributed by atoms with E-state index in [0.29, 0.717) is 11.4 Å². The molecule has 0 radical (unpaired) electrons. The van der Waals surface area contributed by atoms with E-state index in [1.807, 2.05) is 62.4 Å². The predicted molar refractivity (Wildman–Crippen MR) is 98.5 cm³/mol. The molecule has 3 rings (SSSR count). The normalized spacial score (nSPS) is 10.5. The summed E-state index contributed by atoms with van der Waals surface area (Å²) in [5.74, 6) is -0.291. The summed E-state index contributed by atoms with van der Waals surface area (Å²) in [5.41, 5.74) is 4.15. The quantitative estimate of drug-likeness (QED) is 0.797. The summed E-state index contributed by atoms with van der Waals surface area (Å²) in [4.78, 5) is 24.2. The lowest BCUT2D eigenvalue weighted by Gasteiger charge is -2.09. The Balaban J connectivity index is 1.80. The highest BCUT2D eigenvalue weighted by molar-refractivity contribution is 5.90. The number of amides is 1. The van der Waals surface area contributed by atoms with Crippen molar-refractivity contribution >= 4 is 11.6 Å². The molecular formula is C20H19N3O2. The number of hydrogen-bond acceptors (Lipinski definition) is 3. The Hall–Kier alpha value is -3.21. The minimum Gasteiger partial charge on any atom is -0.324 e. The minimum atomic E-state index is -0.310. The Kier molecular flexibility index (Phi) is 4.75. The van der Waals surface area contributed by atoms with Crippen molar-refractivity contribution in [3.8, 4) is 11.3 Å². The first-order chi connectivity index (χ1) is 12.0. The molecule has 0 fully saturated rings. The summed E-state index contributed by atoms with van der Waals surface area (Å²) in [6.07, 6.45) is 0. The van der Waals surface area contributed by atoms with E-state index in [-0.39, 0.29) is 18.0 Å². The molecule has 1 aromatic heterocycles. The molecule has 1 N–H and O–H groups in total. The van der Waals surface area contributed by atoms with Gasteiger partial charge in [-0.15, -0.1) is 0 Å². The molecule has 0 saturated heterocycles. The number of rotatable bonds is 4. The second kappa shape index (κ2) is 7.13. The molecular weight excluding hydrogens is 314 g/mol. The first-order valence-electron chi connectivity index (χ1n) is 8.03. The van der Waals surface area contributed by atoms with Gasteiger partial charge in [0, 0.05) is 17.3 Å². The van der Waals surface area contributed by atoms with Gasteiger partial charge < -0.3 is 5.32 Å². The maximum atomic E-state index is 12.2. The summed E-state index contributed by atoms with van der Waals surface area (Å²) < 4.78 is 1.18. The van der Waals surface area contributed by atoms with E-state index in [9.17, 15) is 9.59 Å². The second-order valence-electron chi connectivity index (χ2n) is 6.00. The van der Waals surface area contributed by atoms with Gasteiger partial charge in [0.05, 0.1) is 5.69 Å². The number of carbonyl (C=O) groups excluding carboxylic acids is 1. The number of nitrogens with one attached hydrogen (secondary N) is 1. The molecule has 126 valence electrons. The van der Waals surface area contributed by atoms with Gasteiger partial charge in [0.2, 0.25) is 5.91 Å². The lowest BCUT2D eigenvalue weighted by molar-refractivity contribution is -0.117. The topological polar surface area (TPSA) is 64.0 Å². The predicted octanol–water partition coefficient (Wildman–Crippen LogP) is 3.17. The maximum Gasteiger partial charge on any atom is 0.267 e. The van der Waals surface area contributed by atoms with Crippen LogP contribution in [-0.2, 0) is 11.3 Å². The molecule has 0 atom stereocenters. The van der Waals surface area contributed by atoms with Crippen molar-refractivity contribution in [2.45, 2.75) is 20.4 Å². The zero-order chi connectivity index (χ0) is 17.8. The molecule has 5 heteroatoms. The van der Waals surface area contributed by atoms with Crippen LogP contribution in [0, 0.1) is 13.8 Å². The van der Waals surface area contributed by atoms with Gasteiger partial charge in [0.25, 0.3) is 5.56 Å². The first kappa shape index (κ1) is 16.6. The molecule has 0 unspecified atom stereocenters. The summed E-state index contributed by atoms with van der Waals surface area (Å²) in [7, 11) is 0. The maximum absolute atomic E-state index is 12.2. The highest BCUT2D eigenvalue weighted by Crippen LogP contribution is 2.16. The van der Waals surface area contributed by atoms with Gasteiger partial charge >= 0.3 is 0 Å². The third-order valence-corrected chi connectivity index (χ3v) is 3.81. The third-order valence-electron chi connectivity index (χ3n) is 3.81.